The summed E-state index contributed by atoms with van der Waals surface area (Å²) in [6.45, 7) is 0. The lowest BCUT2D eigenvalue weighted by molar-refractivity contribution is -0.384. The van der Waals surface area contributed by atoms with Gasteiger partial charge in [-0.05, 0) is 34.4 Å². The van der Waals surface area contributed by atoms with Gasteiger partial charge in [0.05, 0.1) is 22.4 Å². The van der Waals surface area contributed by atoms with Gasteiger partial charge in [-0.25, -0.2) is 4.90 Å². The van der Waals surface area contributed by atoms with E-state index >= 15 is 0 Å². The Morgan fingerprint density at radius 1 is 0.667 bits per heavy atom. The highest BCUT2D eigenvalue weighted by molar-refractivity contribution is 6.23. The fraction of sp³-hybridized carbons (Fsp3) is 0.167. The molecular weight excluding hydrogens is 380 g/mol. The Balaban J connectivity index is 1.51. The Morgan fingerprint density at radius 2 is 1.07 bits per heavy atom. The molecule has 0 aromatic heterocycles. The normalized spacial score (nSPS) is 25.7. The van der Waals surface area contributed by atoms with E-state index < -0.39 is 16.8 Å². The van der Waals surface area contributed by atoms with Crippen LogP contribution in [0.4, 0.5) is 11.4 Å². The van der Waals surface area contributed by atoms with Crippen molar-refractivity contribution in [1.29, 1.82) is 0 Å². The van der Waals surface area contributed by atoms with Crippen molar-refractivity contribution in [2.75, 3.05) is 4.90 Å². The van der Waals surface area contributed by atoms with Gasteiger partial charge >= 0.3 is 0 Å². The summed E-state index contributed by atoms with van der Waals surface area (Å²) >= 11 is 0. The molecule has 0 radical (unpaired) electrons. The lowest BCUT2D eigenvalue weighted by Crippen LogP contribution is -2.41. The number of anilines is 1. The topological polar surface area (TPSA) is 80.5 Å². The number of hydrogen-bond acceptors (Lipinski definition) is 4. The number of amides is 2. The van der Waals surface area contributed by atoms with E-state index in [2.05, 4.69) is 24.3 Å². The Labute approximate surface area is 171 Å². The Hall–Kier alpha value is -3.80. The number of nitro benzene ring substituents is 1. The van der Waals surface area contributed by atoms with Crippen LogP contribution < -0.4 is 4.90 Å². The molecule has 6 nitrogen and oxygen atoms in total. The number of nitrogens with zero attached hydrogens (tertiary/aromatic N) is 2. The molecule has 0 spiro atoms. The zero-order valence-corrected chi connectivity index (χ0v) is 15.8. The molecule has 1 heterocycles. The lowest BCUT2D eigenvalue weighted by atomic mass is 9.55. The van der Waals surface area contributed by atoms with Crippen LogP contribution in [-0.2, 0) is 9.59 Å². The van der Waals surface area contributed by atoms with Gasteiger partial charge in [-0.2, -0.15) is 0 Å². The molecule has 3 aliphatic carbocycles. The van der Waals surface area contributed by atoms with Gasteiger partial charge in [0.2, 0.25) is 11.8 Å². The monoisotopic (exact) mass is 396 g/mol. The Morgan fingerprint density at radius 3 is 1.43 bits per heavy atom. The highest BCUT2D eigenvalue weighted by Gasteiger charge is 2.61. The fourth-order valence-corrected chi connectivity index (χ4v) is 5.66. The SMILES string of the molecule is O=C1C2C3c4ccccc4C(c4ccccc43)C2C(=O)N1c1ccc([N+](=O)[O-])cc1. The first kappa shape index (κ1) is 17.1. The van der Waals surface area contributed by atoms with Crippen molar-refractivity contribution in [3.63, 3.8) is 0 Å². The molecule has 2 atom stereocenters. The molecule has 2 unspecified atom stereocenters. The van der Waals surface area contributed by atoms with Gasteiger partial charge in [-0.3, -0.25) is 19.7 Å². The van der Waals surface area contributed by atoms with Crippen LogP contribution in [0.3, 0.4) is 0 Å². The Bertz CT molecular complexity index is 1130. The number of rotatable bonds is 2. The minimum Gasteiger partial charge on any atom is -0.274 e. The first-order valence-corrected chi connectivity index (χ1v) is 9.88. The van der Waals surface area contributed by atoms with E-state index in [0.717, 1.165) is 22.3 Å². The summed E-state index contributed by atoms with van der Waals surface area (Å²) in [7, 11) is 0. The van der Waals surface area contributed by atoms with Crippen LogP contribution in [0, 0.1) is 22.0 Å². The molecule has 30 heavy (non-hydrogen) atoms. The number of carbonyl (C=O) groups is 2. The molecule has 0 N–H and O–H groups in total. The average Bonchev–Trinajstić information content (AvgIpc) is 3.04. The van der Waals surface area contributed by atoms with Crippen molar-refractivity contribution in [3.05, 3.63) is 105 Å². The van der Waals surface area contributed by atoms with Gasteiger partial charge in [-0.15, -0.1) is 0 Å². The molecule has 2 bridgehead atoms. The minimum atomic E-state index is -0.495. The summed E-state index contributed by atoms with van der Waals surface area (Å²) in [5.41, 5.74) is 4.79. The third-order valence-corrected chi connectivity index (χ3v) is 6.77. The molecule has 1 saturated heterocycles. The van der Waals surface area contributed by atoms with E-state index in [1.165, 1.54) is 29.2 Å². The number of imide groups is 1. The summed E-state index contributed by atoms with van der Waals surface area (Å²) in [4.78, 5) is 38.8. The quantitative estimate of drug-likeness (QED) is 0.373. The van der Waals surface area contributed by atoms with Gasteiger partial charge < -0.3 is 0 Å². The molecule has 4 aliphatic rings. The van der Waals surface area contributed by atoms with E-state index in [1.807, 2.05) is 24.3 Å². The molecule has 1 aliphatic heterocycles. The molecule has 146 valence electrons. The van der Waals surface area contributed by atoms with Crippen LogP contribution in [0.5, 0.6) is 0 Å². The van der Waals surface area contributed by atoms with Crippen molar-refractivity contribution in [3.8, 4) is 0 Å². The van der Waals surface area contributed by atoms with Crippen molar-refractivity contribution in [2.45, 2.75) is 11.8 Å². The molecule has 3 aromatic carbocycles. The van der Waals surface area contributed by atoms with E-state index in [4.69, 9.17) is 0 Å². The molecular formula is C24H16N2O4. The second-order valence-corrected chi connectivity index (χ2v) is 8.05. The molecule has 3 aromatic rings. The van der Waals surface area contributed by atoms with Crippen LogP contribution in [0.15, 0.2) is 72.8 Å². The highest BCUT2D eigenvalue weighted by atomic mass is 16.6. The number of carbonyl (C=O) groups excluding carboxylic acids is 2. The largest absolute Gasteiger partial charge is 0.274 e. The molecule has 7 rings (SSSR count). The fourth-order valence-electron chi connectivity index (χ4n) is 5.66. The number of benzene rings is 3. The van der Waals surface area contributed by atoms with Gasteiger partial charge in [0, 0.05) is 24.0 Å². The van der Waals surface area contributed by atoms with Gasteiger partial charge in [0.15, 0.2) is 0 Å². The third kappa shape index (κ3) is 2.03. The molecule has 0 saturated carbocycles. The van der Waals surface area contributed by atoms with E-state index in [-0.39, 0.29) is 29.3 Å². The zero-order chi connectivity index (χ0) is 20.6. The number of non-ortho nitro benzene ring substituents is 1. The van der Waals surface area contributed by atoms with Crippen LogP contribution in [0.25, 0.3) is 0 Å². The lowest BCUT2D eigenvalue weighted by Gasteiger charge is -2.45. The highest BCUT2D eigenvalue weighted by Crippen LogP contribution is 2.61. The third-order valence-electron chi connectivity index (χ3n) is 6.77. The Kier molecular flexibility index (Phi) is 3.34. The number of hydrogen-bond donors (Lipinski definition) is 0. The van der Waals surface area contributed by atoms with Crippen LogP contribution >= 0.6 is 0 Å². The summed E-state index contributed by atoms with van der Waals surface area (Å²) in [6.07, 6.45) is 0. The molecule has 2 amide bonds. The standard InChI is InChI=1S/C24H16N2O4/c27-23-21-19-15-5-1-2-6-16(15)20(18-8-4-3-7-17(18)19)22(21)24(28)25(23)13-9-11-14(12-10-13)26(29)30/h1-12,19-22H. The van der Waals surface area contributed by atoms with Crippen molar-refractivity contribution >= 4 is 23.2 Å². The van der Waals surface area contributed by atoms with Crippen molar-refractivity contribution < 1.29 is 14.5 Å². The maximum atomic E-state index is 13.6. The van der Waals surface area contributed by atoms with Gasteiger partial charge in [0.1, 0.15) is 0 Å². The summed E-state index contributed by atoms with van der Waals surface area (Å²) in [6, 6.07) is 21.8. The van der Waals surface area contributed by atoms with E-state index in [9.17, 15) is 19.7 Å². The van der Waals surface area contributed by atoms with Crippen LogP contribution in [-0.4, -0.2) is 16.7 Å². The predicted octanol–water partition coefficient (Wildman–Crippen LogP) is 3.99. The first-order chi connectivity index (χ1) is 14.6. The van der Waals surface area contributed by atoms with Crippen LogP contribution in [0.2, 0.25) is 0 Å². The molecule has 1 fully saturated rings. The first-order valence-electron chi connectivity index (χ1n) is 9.88. The van der Waals surface area contributed by atoms with Crippen LogP contribution in [0.1, 0.15) is 34.1 Å². The van der Waals surface area contributed by atoms with E-state index in [0.29, 0.717) is 5.69 Å². The van der Waals surface area contributed by atoms with Crippen molar-refractivity contribution in [1.82, 2.24) is 0 Å². The van der Waals surface area contributed by atoms with E-state index in [1.54, 1.807) is 0 Å². The molecule has 6 heteroatoms. The predicted molar refractivity (Wildman–Crippen MR) is 109 cm³/mol. The summed E-state index contributed by atoms with van der Waals surface area (Å²) in [5.74, 6) is -1.68. The second-order valence-electron chi connectivity index (χ2n) is 8.05. The average molecular weight is 396 g/mol. The zero-order valence-electron chi connectivity index (χ0n) is 15.8. The number of nitro groups is 1. The van der Waals surface area contributed by atoms with Crippen molar-refractivity contribution in [2.24, 2.45) is 11.8 Å². The summed E-state index contributed by atoms with van der Waals surface area (Å²) in [5, 5.41) is 11.0. The second kappa shape index (κ2) is 5.86. The maximum Gasteiger partial charge on any atom is 0.269 e. The minimum absolute atomic E-state index is 0.0739. The van der Waals surface area contributed by atoms with Gasteiger partial charge in [-0.1, -0.05) is 48.5 Å². The maximum absolute atomic E-state index is 13.6. The summed E-state index contributed by atoms with van der Waals surface area (Å²) < 4.78 is 0. The smallest absolute Gasteiger partial charge is 0.269 e. The van der Waals surface area contributed by atoms with Gasteiger partial charge in [0.25, 0.3) is 5.69 Å².